The second-order valence-corrected chi connectivity index (χ2v) is 2.69. The maximum Gasteiger partial charge on any atom is 0.251 e. The van der Waals surface area contributed by atoms with Crippen LogP contribution in [-0.2, 0) is 6.42 Å². The van der Waals surface area contributed by atoms with Crippen LogP contribution in [0.5, 0.6) is 0 Å². The van der Waals surface area contributed by atoms with Crippen molar-refractivity contribution in [2.24, 2.45) is 0 Å². The Kier molecular flexibility index (Phi) is 1.22. The molecule has 0 aliphatic heterocycles. The van der Waals surface area contributed by atoms with Crippen LogP contribution in [-0.4, -0.2) is 14.5 Å². The van der Waals surface area contributed by atoms with E-state index in [4.69, 9.17) is 5.91 Å². The zero-order chi connectivity index (χ0) is 12.6. The fourth-order valence-corrected chi connectivity index (χ4v) is 1.11. The van der Waals surface area contributed by atoms with Gasteiger partial charge in [0.05, 0.1) is 4.50 Å². The lowest BCUT2D eigenvalue weighted by molar-refractivity contribution is 0.861. The van der Waals surface area contributed by atoms with Gasteiger partial charge in [0.15, 0.2) is 1.41 Å². The van der Waals surface area contributed by atoms with Gasteiger partial charge in [-0.2, -0.15) is 0 Å². The molecule has 4 heteroatoms. The van der Waals surface area contributed by atoms with Crippen molar-refractivity contribution in [3.05, 3.63) is 26.9 Å². The molecule has 11 heavy (non-hydrogen) atoms. The van der Waals surface area contributed by atoms with Crippen LogP contribution < -0.4 is 5.56 Å². The molecule has 0 atom stereocenters. The monoisotopic (exact) mass is 179 g/mol. The molecule has 0 amide bonds. The molecule has 2 N–H and O–H groups in total. The standard InChI is InChI=1S/C7H14N2OS/c1-2-3-5-4-6(10)9-7(11)8-5/h4,8H,2-3H2,1H3,11H4,(H,9,10)/i11D4/hD. The van der Waals surface area contributed by atoms with E-state index < -0.39 is 22.2 Å². The summed E-state index contributed by atoms with van der Waals surface area (Å²) in [4.78, 5) is 14.1. The summed E-state index contributed by atoms with van der Waals surface area (Å²) in [6.45, 7) is 1.89. The molecule has 0 bridgehead atoms. The average molecular weight is 179 g/mol. The molecule has 1 aromatic rings. The number of hydrogen-bond acceptors (Lipinski definition) is 1. The van der Waals surface area contributed by atoms with E-state index in [1.165, 1.54) is 6.07 Å². The molecule has 0 saturated heterocycles. The first-order valence-electron chi connectivity index (χ1n) is 5.57. The van der Waals surface area contributed by atoms with Crippen LogP contribution in [0, 0.1) is 4.77 Å². The van der Waals surface area contributed by atoms with Gasteiger partial charge in [0.1, 0.15) is 4.77 Å². The van der Waals surface area contributed by atoms with Crippen molar-refractivity contribution in [3.63, 3.8) is 0 Å². The van der Waals surface area contributed by atoms with E-state index >= 15 is 0 Å². The van der Waals surface area contributed by atoms with E-state index in [9.17, 15) is 4.79 Å². The summed E-state index contributed by atoms with van der Waals surface area (Å²) in [6, 6.07) is 1.19. The lowest BCUT2D eigenvalue weighted by atomic mass is 10.2. The fourth-order valence-electron chi connectivity index (χ4n) is 0.887. The van der Waals surface area contributed by atoms with Crippen molar-refractivity contribution < 1.29 is 1.41 Å². The van der Waals surface area contributed by atoms with E-state index in [1.54, 1.807) is 0 Å². The smallest absolute Gasteiger partial charge is 0.251 e. The van der Waals surface area contributed by atoms with Gasteiger partial charge in [0, 0.05) is 11.8 Å². The van der Waals surface area contributed by atoms with Crippen molar-refractivity contribution >= 4 is 11.8 Å². The fraction of sp³-hybridized carbons (Fsp3) is 0.429. The summed E-state index contributed by atoms with van der Waals surface area (Å²) in [7, 11) is 0. The van der Waals surface area contributed by atoms with Crippen LogP contribution in [0.25, 0.3) is 0 Å². The molecule has 0 aliphatic carbocycles. The first kappa shape index (κ1) is 3.76. The van der Waals surface area contributed by atoms with Gasteiger partial charge < -0.3 is 9.96 Å². The predicted octanol–water partition coefficient (Wildman–Crippen LogP) is 0.314. The minimum absolute atomic E-state index is 0.251. The summed E-state index contributed by atoms with van der Waals surface area (Å²) >= 11 is -4.87. The molecule has 0 radical (unpaired) electrons. The average Bonchev–Trinajstić information content (AvgIpc) is 2.08. The third-order valence-corrected chi connectivity index (χ3v) is 1.49. The molecule has 1 aromatic heterocycles. The van der Waals surface area contributed by atoms with Crippen LogP contribution in [0.15, 0.2) is 10.9 Å². The number of aromatic nitrogens is 2. The molecule has 3 nitrogen and oxygen atoms in total. The molecule has 0 fully saturated rings. The quantitative estimate of drug-likeness (QED) is 0.631. The number of H-pyrrole nitrogens is 2. The number of aromatic amines is 2. The van der Waals surface area contributed by atoms with Crippen LogP contribution in [0.4, 0.5) is 0 Å². The minimum atomic E-state index is -4.87. The molecule has 1 rings (SSSR count). The van der Waals surface area contributed by atoms with Crippen molar-refractivity contribution in [1.29, 1.82) is 4.50 Å². The third kappa shape index (κ3) is 2.38. The van der Waals surface area contributed by atoms with Gasteiger partial charge >= 0.3 is 0 Å². The molecule has 0 spiro atoms. The van der Waals surface area contributed by atoms with Crippen molar-refractivity contribution in [2.45, 2.75) is 19.8 Å². The lowest BCUT2D eigenvalue weighted by Gasteiger charge is -1.96. The maximum absolute atomic E-state index is 11.4. The summed E-state index contributed by atoms with van der Waals surface area (Å²) in [6.07, 6.45) is 1.27. The van der Waals surface area contributed by atoms with E-state index in [0.717, 1.165) is 6.42 Å². The second kappa shape index (κ2) is 3.57. The Morgan fingerprint density at radius 3 is 3.36 bits per heavy atom. The highest BCUT2D eigenvalue weighted by Crippen LogP contribution is 1.93. The Balaban J connectivity index is 3.80. The van der Waals surface area contributed by atoms with Gasteiger partial charge in [-0.3, -0.25) is 16.6 Å². The van der Waals surface area contributed by atoms with Gasteiger partial charge in [-0.05, 0) is 6.42 Å². The summed E-state index contributed by atoms with van der Waals surface area (Å²) < 4.78 is 35.9. The van der Waals surface area contributed by atoms with Crippen molar-refractivity contribution in [3.8, 4) is 0 Å². The highest BCUT2D eigenvalue weighted by molar-refractivity contribution is 7.71. The van der Waals surface area contributed by atoms with E-state index in [0.29, 0.717) is 12.1 Å². The Morgan fingerprint density at radius 2 is 2.73 bits per heavy atom. The summed E-state index contributed by atoms with van der Waals surface area (Å²) in [5, 5.41) is 0. The molecular weight excluding hydrogens is 160 g/mol. The van der Waals surface area contributed by atoms with Gasteiger partial charge in [0.25, 0.3) is 5.56 Å². The molecular formula is C7H14N2OS. The molecule has 0 unspecified atom stereocenters. The summed E-state index contributed by atoms with van der Waals surface area (Å²) in [5.74, 6) is 0. The van der Waals surface area contributed by atoms with Crippen LogP contribution in [0.3, 0.4) is 0 Å². The topological polar surface area (TPSA) is 48.6 Å². The second-order valence-electron chi connectivity index (χ2n) is 2.30. The highest BCUT2D eigenvalue weighted by Gasteiger charge is 1.90. The molecule has 64 valence electrons. The molecule has 0 aromatic carbocycles. The number of aryl methyl sites for hydroxylation is 1. The first-order valence-corrected chi connectivity index (χ1v) is 3.90. The van der Waals surface area contributed by atoms with E-state index in [1.807, 2.05) is 6.92 Å². The van der Waals surface area contributed by atoms with Crippen LogP contribution >= 0.6 is 11.8 Å². The Morgan fingerprint density at radius 1 is 1.91 bits per heavy atom. The Bertz CT molecular complexity index is 545. The molecule has 0 aliphatic rings. The third-order valence-electron chi connectivity index (χ3n) is 1.30. The zero-order valence-electron chi connectivity index (χ0n) is 11.3. The lowest BCUT2D eigenvalue weighted by Crippen LogP contribution is -2.08. The summed E-state index contributed by atoms with van der Waals surface area (Å²) in [5.41, 5.74) is -0.271. The van der Waals surface area contributed by atoms with E-state index in [2.05, 4.69) is 4.98 Å². The normalized spacial score (nSPS) is 21.5. The van der Waals surface area contributed by atoms with Crippen LogP contribution in [0.2, 0.25) is 1.41 Å². The number of rotatable bonds is 2. The van der Waals surface area contributed by atoms with Crippen LogP contribution in [0.1, 0.15) is 19.0 Å². The Labute approximate surface area is 75.3 Å². The molecule has 1 heterocycles. The first-order chi connectivity index (χ1) is 7.12. The van der Waals surface area contributed by atoms with E-state index in [-0.39, 0.29) is 4.98 Å². The predicted molar refractivity (Wildman–Crippen MR) is 51.8 cm³/mol. The van der Waals surface area contributed by atoms with Crippen molar-refractivity contribution in [2.75, 3.05) is 0 Å². The molecule has 0 saturated carbocycles. The Hall–Kier alpha value is -0.770. The number of hydrogen-bond donors (Lipinski definition) is 2. The zero-order valence-corrected chi connectivity index (χ0v) is 7.07. The van der Waals surface area contributed by atoms with Gasteiger partial charge in [0.2, 0.25) is 0 Å². The van der Waals surface area contributed by atoms with Gasteiger partial charge in [-0.25, -0.2) is 0 Å². The number of nitrogens with one attached hydrogen (secondary N) is 2. The highest BCUT2D eigenvalue weighted by atomic mass is 32.1. The van der Waals surface area contributed by atoms with Gasteiger partial charge in [-0.15, -0.1) is 0 Å². The largest absolute Gasteiger partial charge is 0.342 e. The minimum Gasteiger partial charge on any atom is -0.342 e. The maximum atomic E-state index is 11.4. The van der Waals surface area contributed by atoms with Crippen molar-refractivity contribution in [1.82, 2.24) is 9.96 Å². The SMILES string of the molecule is [2H]n1c(=O)cc(CCC)[nH]c1=S([2H])([2H])([2H])[2H]. The van der Waals surface area contributed by atoms with Gasteiger partial charge in [-0.1, -0.05) is 13.3 Å².